The fourth-order valence-electron chi connectivity index (χ4n) is 4.23. The second kappa shape index (κ2) is 14.5. The van der Waals surface area contributed by atoms with E-state index in [0.29, 0.717) is 31.1 Å². The lowest BCUT2D eigenvalue weighted by molar-refractivity contribution is 0.283. The molecule has 4 aromatic rings. The number of aromatic nitrogens is 3. The van der Waals surface area contributed by atoms with Crippen LogP contribution in [-0.2, 0) is 26.1 Å². The van der Waals surface area contributed by atoms with Gasteiger partial charge in [0.25, 0.3) is 0 Å². The molecule has 7 heteroatoms. The van der Waals surface area contributed by atoms with Gasteiger partial charge in [-0.3, -0.25) is 4.98 Å². The van der Waals surface area contributed by atoms with E-state index in [-0.39, 0.29) is 0 Å². The summed E-state index contributed by atoms with van der Waals surface area (Å²) in [5, 5.41) is 18.2. The molecule has 2 heterocycles. The molecule has 0 radical (unpaired) electrons. The zero-order valence-corrected chi connectivity index (χ0v) is 22.8. The number of hydrogen-bond acceptors (Lipinski definition) is 6. The van der Waals surface area contributed by atoms with Crippen molar-refractivity contribution in [2.45, 2.75) is 46.4 Å². The highest BCUT2D eigenvalue weighted by Gasteiger charge is 2.12. The summed E-state index contributed by atoms with van der Waals surface area (Å²) in [6.45, 7) is 10.1. The number of pyridine rings is 1. The van der Waals surface area contributed by atoms with Crippen LogP contribution in [0.2, 0.25) is 0 Å². The van der Waals surface area contributed by atoms with Gasteiger partial charge in [-0.15, -0.1) is 10.2 Å². The van der Waals surface area contributed by atoms with Crippen molar-refractivity contribution >= 4 is 17.5 Å². The predicted molar refractivity (Wildman–Crippen MR) is 158 cm³/mol. The van der Waals surface area contributed by atoms with Crippen LogP contribution in [0.4, 0.5) is 0 Å². The Morgan fingerprint density at radius 1 is 1.00 bits per heavy atom. The third-order valence-electron chi connectivity index (χ3n) is 6.25. The van der Waals surface area contributed by atoms with E-state index in [4.69, 9.17) is 14.8 Å². The average Bonchev–Trinajstić information content (AvgIpc) is 2.98. The number of hydrogen-bond donors (Lipinski definition) is 1. The van der Waals surface area contributed by atoms with Crippen LogP contribution in [-0.4, -0.2) is 28.0 Å². The molecule has 0 fully saturated rings. The maximum Gasteiger partial charge on any atom is 0.239 e. The molecular weight excluding hydrogens is 484 g/mol. The summed E-state index contributed by atoms with van der Waals surface area (Å²) in [6.07, 6.45) is 8.26. The van der Waals surface area contributed by atoms with Crippen LogP contribution in [0.25, 0.3) is 10.8 Å². The average molecular weight is 521 g/mol. The van der Waals surface area contributed by atoms with Crippen molar-refractivity contribution in [1.29, 1.82) is 0 Å². The topological polar surface area (TPSA) is 76.7 Å². The first-order valence-electron chi connectivity index (χ1n) is 13.4. The Bertz CT molecular complexity index is 1500. The smallest absolute Gasteiger partial charge is 0.239 e. The Morgan fingerprint density at radius 3 is 2.54 bits per heavy atom. The lowest BCUT2D eigenvalue weighted by atomic mass is 10.1. The normalized spacial score (nSPS) is 12.4. The van der Waals surface area contributed by atoms with E-state index in [1.54, 1.807) is 0 Å². The molecule has 0 amide bonds. The van der Waals surface area contributed by atoms with E-state index in [1.165, 1.54) is 5.56 Å². The molecule has 0 atom stereocenters. The number of fused-ring (bicyclic) bond motifs is 1. The molecule has 7 nitrogen and oxygen atoms in total. The van der Waals surface area contributed by atoms with E-state index in [9.17, 15) is 0 Å². The number of ether oxygens (including phenoxy) is 1. The van der Waals surface area contributed by atoms with E-state index in [1.807, 2.05) is 60.1 Å². The van der Waals surface area contributed by atoms with Gasteiger partial charge in [-0.2, -0.15) is 5.10 Å². The molecule has 0 unspecified atom stereocenters. The Kier molecular flexibility index (Phi) is 10.3. The summed E-state index contributed by atoms with van der Waals surface area (Å²) >= 11 is 0. The molecule has 0 saturated heterocycles. The summed E-state index contributed by atoms with van der Waals surface area (Å²) in [6, 6.07) is 24.4. The highest BCUT2D eigenvalue weighted by atomic mass is 16.5. The van der Waals surface area contributed by atoms with Crippen molar-refractivity contribution in [1.82, 2.24) is 20.1 Å². The lowest BCUT2D eigenvalue weighted by Crippen LogP contribution is -2.26. The second-order valence-electron chi connectivity index (χ2n) is 9.07. The maximum atomic E-state index is 6.27. The van der Waals surface area contributed by atoms with Crippen molar-refractivity contribution in [3.05, 3.63) is 119 Å². The van der Waals surface area contributed by atoms with Crippen LogP contribution in [0.3, 0.4) is 0 Å². The first-order valence-corrected chi connectivity index (χ1v) is 13.4. The largest absolute Gasteiger partial charge is 0.470 e. The molecule has 39 heavy (non-hydrogen) atoms. The number of nitrogens with zero attached hydrogens (tertiary/aromatic N) is 5. The minimum atomic E-state index is 0.303. The van der Waals surface area contributed by atoms with Crippen LogP contribution >= 0.6 is 0 Å². The summed E-state index contributed by atoms with van der Waals surface area (Å²) < 4.78 is 8.10. The van der Waals surface area contributed by atoms with Gasteiger partial charge in [0.1, 0.15) is 6.61 Å². The molecule has 1 N–H and O–H groups in total. The molecule has 0 aliphatic rings. The van der Waals surface area contributed by atoms with Crippen LogP contribution in [0.5, 0.6) is 5.88 Å². The van der Waals surface area contributed by atoms with Gasteiger partial charge in [0, 0.05) is 24.0 Å². The predicted octanol–water partition coefficient (Wildman–Crippen LogP) is 5.77. The summed E-state index contributed by atoms with van der Waals surface area (Å²) in [7, 11) is 0. The van der Waals surface area contributed by atoms with E-state index in [0.717, 1.165) is 47.1 Å². The highest BCUT2D eigenvalue weighted by Crippen LogP contribution is 2.21. The first kappa shape index (κ1) is 27.7. The van der Waals surface area contributed by atoms with Crippen LogP contribution in [0, 0.1) is 0 Å². The molecule has 0 aliphatic heterocycles. The van der Waals surface area contributed by atoms with Gasteiger partial charge in [0.2, 0.25) is 5.88 Å². The zero-order valence-electron chi connectivity index (χ0n) is 22.8. The third-order valence-corrected chi connectivity index (χ3v) is 6.25. The minimum absolute atomic E-state index is 0.303. The van der Waals surface area contributed by atoms with Crippen molar-refractivity contribution in [2.24, 2.45) is 10.2 Å². The molecule has 2 aromatic heterocycles. The number of rotatable bonds is 13. The quantitative estimate of drug-likeness (QED) is 0.105. The lowest BCUT2D eigenvalue weighted by Gasteiger charge is -2.14. The van der Waals surface area contributed by atoms with E-state index < -0.39 is 0 Å². The highest BCUT2D eigenvalue weighted by molar-refractivity contribution is 5.85. The Morgan fingerprint density at radius 2 is 1.77 bits per heavy atom. The molecule has 200 valence electrons. The van der Waals surface area contributed by atoms with Crippen molar-refractivity contribution in [3.8, 4) is 5.88 Å². The molecule has 0 aliphatic carbocycles. The van der Waals surface area contributed by atoms with E-state index >= 15 is 0 Å². The number of allylic oxidation sites excluding steroid dienone is 4. The van der Waals surface area contributed by atoms with Gasteiger partial charge in [0.05, 0.1) is 17.9 Å². The maximum absolute atomic E-state index is 6.27. The summed E-state index contributed by atoms with van der Waals surface area (Å²) in [4.78, 5) is 4.80. The molecule has 2 aromatic carbocycles. The van der Waals surface area contributed by atoms with Crippen LogP contribution in [0.15, 0.2) is 107 Å². The Labute approximate surface area is 230 Å². The van der Waals surface area contributed by atoms with Crippen LogP contribution < -0.4 is 15.5 Å². The monoisotopic (exact) mass is 520 g/mol. The van der Waals surface area contributed by atoms with Crippen LogP contribution in [0.1, 0.15) is 37.2 Å². The zero-order chi connectivity index (χ0) is 27.3. The first-order chi connectivity index (χ1) is 19.2. The van der Waals surface area contributed by atoms with Gasteiger partial charge in [0.15, 0.2) is 5.49 Å². The Hall–Kier alpha value is -4.36. The van der Waals surface area contributed by atoms with Gasteiger partial charge in [-0.1, -0.05) is 79.7 Å². The standard InChI is InChI=1S/C32H36N6O/c1-4-6-13-25(5-2)23-38-31(36-33-3)29-18-10-11-19-30(29)32(37-38)39-24-28-17-12-16-27(35-28)22-34-21-20-26-14-8-7-9-15-26/h5-19,34H,3-4,20-24H2,1-2H3/b13-6-,25-5+,36-31-. The third kappa shape index (κ3) is 7.82. The van der Waals surface area contributed by atoms with Gasteiger partial charge >= 0.3 is 0 Å². The van der Waals surface area contributed by atoms with Crippen molar-refractivity contribution in [2.75, 3.05) is 6.54 Å². The number of benzene rings is 2. The summed E-state index contributed by atoms with van der Waals surface area (Å²) in [5.41, 5.74) is 4.90. The molecule has 0 bridgehead atoms. The Balaban J connectivity index is 1.51. The fourth-order valence-corrected chi connectivity index (χ4v) is 4.23. The van der Waals surface area contributed by atoms with E-state index in [2.05, 4.69) is 71.7 Å². The SMILES string of the molecule is C=N/N=c1/c2ccccc2c(OCc2cccc(CNCCc3ccccc3)n2)nn1CC(/C=C\CC)=C/C. The molecule has 0 spiro atoms. The summed E-state index contributed by atoms with van der Waals surface area (Å²) in [5.74, 6) is 0.525. The van der Waals surface area contributed by atoms with Crippen molar-refractivity contribution in [3.63, 3.8) is 0 Å². The fraction of sp³-hybridized carbons (Fsp3) is 0.250. The molecule has 0 saturated carbocycles. The number of nitrogens with one attached hydrogen (secondary N) is 1. The minimum Gasteiger partial charge on any atom is -0.470 e. The van der Waals surface area contributed by atoms with Gasteiger partial charge in [-0.05, 0) is 55.6 Å². The van der Waals surface area contributed by atoms with Crippen molar-refractivity contribution < 1.29 is 4.74 Å². The molecule has 4 rings (SSSR count). The molecular formula is C32H36N6O. The van der Waals surface area contributed by atoms with Gasteiger partial charge < -0.3 is 10.1 Å². The van der Waals surface area contributed by atoms with Gasteiger partial charge in [-0.25, -0.2) is 4.68 Å². The second-order valence-corrected chi connectivity index (χ2v) is 9.07.